The number of pyridine rings is 1. The van der Waals surface area contributed by atoms with Gasteiger partial charge < -0.3 is 5.73 Å². The van der Waals surface area contributed by atoms with Crippen LogP contribution in [0.3, 0.4) is 0 Å². The first kappa shape index (κ1) is 16.4. The fraction of sp³-hybridized carbons (Fsp3) is 0.200. The molecule has 1 heterocycles. The van der Waals surface area contributed by atoms with E-state index in [1.54, 1.807) is 12.1 Å². The van der Waals surface area contributed by atoms with Gasteiger partial charge in [-0.3, -0.25) is 4.79 Å². The number of primary amides is 1. The van der Waals surface area contributed by atoms with Crippen molar-refractivity contribution in [2.45, 2.75) is 29.6 Å². The van der Waals surface area contributed by atoms with E-state index in [0.29, 0.717) is 0 Å². The number of carbonyl (C=O) groups is 1. The van der Waals surface area contributed by atoms with Crippen molar-refractivity contribution >= 4 is 29.0 Å². The van der Waals surface area contributed by atoms with E-state index >= 15 is 0 Å². The lowest BCUT2D eigenvalue weighted by Gasteiger charge is -2.20. The zero-order valence-corrected chi connectivity index (χ0v) is 14.5. The number of nitrogens with two attached hydrogens (primary N) is 1. The van der Waals surface area contributed by atoms with E-state index in [0.717, 1.165) is 5.19 Å². The van der Waals surface area contributed by atoms with Crippen LogP contribution in [0.1, 0.15) is 10.4 Å². The van der Waals surface area contributed by atoms with Gasteiger partial charge in [0.2, 0.25) is 9.84 Å². The molecule has 22 heavy (non-hydrogen) atoms. The molecule has 0 fully saturated rings. The first-order valence-electron chi connectivity index (χ1n) is 6.75. The minimum absolute atomic E-state index is 0.0899. The van der Waals surface area contributed by atoms with Crippen LogP contribution in [0, 0.1) is 0 Å². The molecule has 0 saturated carbocycles. The van der Waals surface area contributed by atoms with Gasteiger partial charge >= 0.3 is 0 Å². The largest absolute Gasteiger partial charge is 0.366 e. The van der Waals surface area contributed by atoms with Crippen molar-refractivity contribution in [2.75, 3.05) is 0 Å². The molecule has 2 N–H and O–H groups in total. The summed E-state index contributed by atoms with van der Waals surface area (Å²) >= 11 is 0. The molecule has 2 aromatic rings. The molecule has 0 saturated heterocycles. The van der Waals surface area contributed by atoms with Crippen LogP contribution in [0.4, 0.5) is 0 Å². The molecule has 0 bridgehead atoms. The van der Waals surface area contributed by atoms with Crippen LogP contribution in [0.25, 0.3) is 0 Å². The van der Waals surface area contributed by atoms with Crippen molar-refractivity contribution < 1.29 is 13.2 Å². The molecule has 0 atom stereocenters. The molecular formula is C15H18N2O3SSi. The number of rotatable bonds is 4. The molecule has 0 radical (unpaired) electrons. The van der Waals surface area contributed by atoms with E-state index in [1.807, 2.05) is 12.1 Å². The third-order valence-electron chi connectivity index (χ3n) is 3.28. The first-order valence-corrected chi connectivity index (χ1v) is 11.7. The molecule has 1 amide bonds. The predicted molar refractivity (Wildman–Crippen MR) is 87.6 cm³/mol. The Balaban J connectivity index is 2.76. The van der Waals surface area contributed by atoms with Crippen molar-refractivity contribution in [3.63, 3.8) is 0 Å². The number of carbonyl (C=O) groups excluding carboxylic acids is 1. The molecule has 2 rings (SSSR count). The van der Waals surface area contributed by atoms with E-state index < -0.39 is 23.8 Å². The van der Waals surface area contributed by atoms with Crippen molar-refractivity contribution in [3.8, 4) is 0 Å². The summed E-state index contributed by atoms with van der Waals surface area (Å²) in [5.74, 6) is -0.808. The minimum Gasteiger partial charge on any atom is -0.366 e. The SMILES string of the molecule is C[Si](C)(C)c1ccccc1S(=O)(=O)c1ncccc1C(N)=O. The second-order valence-electron chi connectivity index (χ2n) is 5.97. The molecule has 0 unspecified atom stereocenters. The third kappa shape index (κ3) is 2.95. The molecule has 7 heteroatoms. The Bertz CT molecular complexity index is 827. The van der Waals surface area contributed by atoms with Gasteiger partial charge in [-0.2, -0.15) is 0 Å². The van der Waals surface area contributed by atoms with E-state index in [-0.39, 0.29) is 15.5 Å². The van der Waals surface area contributed by atoms with Crippen molar-refractivity contribution in [2.24, 2.45) is 5.73 Å². The standard InChI is InChI=1S/C15H18N2O3SSi/c1-22(2,3)13-9-5-4-8-12(13)21(19,20)15-11(14(16)18)7-6-10-17-15/h4-10H,1-3H3,(H2,16,18). The van der Waals surface area contributed by atoms with Gasteiger partial charge in [-0.25, -0.2) is 13.4 Å². The number of aromatic nitrogens is 1. The van der Waals surface area contributed by atoms with E-state index in [2.05, 4.69) is 24.6 Å². The molecule has 1 aromatic carbocycles. The maximum atomic E-state index is 13.0. The van der Waals surface area contributed by atoms with Gasteiger partial charge in [0.05, 0.1) is 18.5 Å². The average Bonchev–Trinajstić information content (AvgIpc) is 2.46. The third-order valence-corrected chi connectivity index (χ3v) is 7.28. The van der Waals surface area contributed by atoms with Crippen molar-refractivity contribution in [1.82, 2.24) is 4.98 Å². The molecule has 1 aromatic heterocycles. The Morgan fingerprint density at radius 1 is 1.09 bits per heavy atom. The van der Waals surface area contributed by atoms with Crippen LogP contribution >= 0.6 is 0 Å². The maximum absolute atomic E-state index is 13.0. The van der Waals surface area contributed by atoms with Crippen LogP contribution in [0.5, 0.6) is 0 Å². The minimum atomic E-state index is -3.91. The number of hydrogen-bond donors (Lipinski definition) is 1. The monoisotopic (exact) mass is 334 g/mol. The zero-order chi connectivity index (χ0) is 16.5. The Hall–Kier alpha value is -1.99. The van der Waals surface area contributed by atoms with Crippen LogP contribution in [0.15, 0.2) is 52.5 Å². The number of sulfone groups is 1. The lowest BCUT2D eigenvalue weighted by atomic mass is 10.3. The summed E-state index contributed by atoms with van der Waals surface area (Å²) in [6.07, 6.45) is 1.34. The molecule has 0 aliphatic carbocycles. The summed E-state index contributed by atoms with van der Waals surface area (Å²) in [7, 11) is -5.79. The van der Waals surface area contributed by atoms with E-state index in [9.17, 15) is 13.2 Å². The zero-order valence-electron chi connectivity index (χ0n) is 12.7. The van der Waals surface area contributed by atoms with Gasteiger partial charge in [-0.05, 0) is 23.4 Å². The number of benzene rings is 1. The number of hydrogen-bond acceptors (Lipinski definition) is 4. The Kier molecular flexibility index (Phi) is 4.21. The van der Waals surface area contributed by atoms with E-state index in [4.69, 9.17) is 5.73 Å². The van der Waals surface area contributed by atoms with Crippen molar-refractivity contribution in [1.29, 1.82) is 0 Å². The highest BCUT2D eigenvalue weighted by Gasteiger charge is 2.31. The Morgan fingerprint density at radius 3 is 2.32 bits per heavy atom. The maximum Gasteiger partial charge on any atom is 0.251 e. The summed E-state index contributed by atoms with van der Waals surface area (Å²) in [6.45, 7) is 6.19. The molecular weight excluding hydrogens is 316 g/mol. The Morgan fingerprint density at radius 2 is 1.73 bits per heavy atom. The topological polar surface area (TPSA) is 90.1 Å². The summed E-state index contributed by atoms with van der Waals surface area (Å²) < 4.78 is 26.0. The first-order chi connectivity index (χ1) is 10.2. The van der Waals surface area contributed by atoms with Crippen LogP contribution in [-0.2, 0) is 9.84 Å². The normalized spacial score (nSPS) is 12.1. The summed E-state index contributed by atoms with van der Waals surface area (Å²) in [6, 6.07) is 9.74. The smallest absolute Gasteiger partial charge is 0.251 e. The lowest BCUT2D eigenvalue weighted by molar-refractivity contribution is 0.0996. The highest BCUT2D eigenvalue weighted by Crippen LogP contribution is 2.22. The fourth-order valence-electron chi connectivity index (χ4n) is 2.22. The van der Waals surface area contributed by atoms with Gasteiger partial charge in [0, 0.05) is 6.20 Å². The van der Waals surface area contributed by atoms with Crippen molar-refractivity contribution in [3.05, 3.63) is 48.2 Å². The number of amides is 1. The summed E-state index contributed by atoms with van der Waals surface area (Å²) in [5, 5.41) is 0.518. The van der Waals surface area contributed by atoms with Crippen LogP contribution in [-0.4, -0.2) is 27.4 Å². The van der Waals surface area contributed by atoms with Crippen LogP contribution < -0.4 is 10.9 Å². The quantitative estimate of drug-likeness (QED) is 0.859. The van der Waals surface area contributed by atoms with Gasteiger partial charge in [0.25, 0.3) is 5.91 Å². The van der Waals surface area contributed by atoms with Gasteiger partial charge in [-0.1, -0.05) is 37.8 Å². The average molecular weight is 334 g/mol. The van der Waals surface area contributed by atoms with Gasteiger partial charge in [-0.15, -0.1) is 0 Å². The fourth-order valence-corrected chi connectivity index (χ4v) is 6.44. The molecule has 0 spiro atoms. The molecule has 0 aliphatic rings. The predicted octanol–water partition coefficient (Wildman–Crippen LogP) is 1.56. The van der Waals surface area contributed by atoms with Crippen LogP contribution in [0.2, 0.25) is 19.6 Å². The van der Waals surface area contributed by atoms with E-state index in [1.165, 1.54) is 18.3 Å². The number of nitrogens with zero attached hydrogens (tertiary/aromatic N) is 1. The molecule has 0 aliphatic heterocycles. The van der Waals surface area contributed by atoms with Gasteiger partial charge in [0.1, 0.15) is 0 Å². The molecule has 5 nitrogen and oxygen atoms in total. The summed E-state index contributed by atoms with van der Waals surface area (Å²) in [5.41, 5.74) is 5.19. The molecule has 116 valence electrons. The second-order valence-corrected chi connectivity index (χ2v) is 12.8. The Labute approximate surface area is 131 Å². The lowest BCUT2D eigenvalue weighted by Crippen LogP contribution is -2.41. The highest BCUT2D eigenvalue weighted by molar-refractivity contribution is 7.91. The highest BCUT2D eigenvalue weighted by atomic mass is 32.2. The summed E-state index contributed by atoms with van der Waals surface area (Å²) in [4.78, 5) is 15.6. The van der Waals surface area contributed by atoms with Gasteiger partial charge in [0.15, 0.2) is 5.03 Å². The second kappa shape index (κ2) is 5.66.